The average molecular weight is 302 g/mol. The molecule has 0 saturated heterocycles. The van der Waals surface area contributed by atoms with Crippen molar-refractivity contribution in [2.24, 2.45) is 0 Å². The molecule has 0 bridgehead atoms. The van der Waals surface area contributed by atoms with Crippen molar-refractivity contribution in [1.29, 1.82) is 0 Å². The molecule has 112 valence electrons. The van der Waals surface area contributed by atoms with Crippen LogP contribution in [-0.4, -0.2) is 29.2 Å². The van der Waals surface area contributed by atoms with Gasteiger partial charge in [-0.05, 0) is 6.07 Å². The van der Waals surface area contributed by atoms with Gasteiger partial charge in [-0.1, -0.05) is 12.1 Å². The van der Waals surface area contributed by atoms with Gasteiger partial charge in [0.1, 0.15) is 0 Å². The Bertz CT molecular complexity index is 487. The quantitative estimate of drug-likeness (QED) is 0.816. The number of hydrogen-bond acceptors (Lipinski definition) is 4. The summed E-state index contributed by atoms with van der Waals surface area (Å²) in [5, 5.41) is 17.8. The van der Waals surface area contributed by atoms with E-state index in [2.05, 4.69) is 9.47 Å². The van der Waals surface area contributed by atoms with Crippen molar-refractivity contribution in [1.82, 2.24) is 0 Å². The van der Waals surface area contributed by atoms with Gasteiger partial charge >= 0.3 is 18.9 Å². The van der Waals surface area contributed by atoms with Gasteiger partial charge in [0.15, 0.2) is 17.6 Å². The smallest absolute Gasteiger partial charge is 0.479 e. The predicted octanol–water partition coefficient (Wildman–Crippen LogP) is 2.30. The minimum atomic E-state index is -5.20. The Balaban J connectivity index is 3.30. The Kier molecular flexibility index (Phi) is 4.71. The third-order valence-corrected chi connectivity index (χ3v) is 1.97. The van der Waals surface area contributed by atoms with Gasteiger partial charge in [-0.2, -0.15) is 8.78 Å². The van der Waals surface area contributed by atoms with E-state index >= 15 is 0 Å². The van der Waals surface area contributed by atoms with Crippen molar-refractivity contribution < 1.29 is 46.4 Å². The number of aliphatic hydroxyl groups excluding tert-OH is 1. The number of alkyl halides is 5. The number of halogens is 5. The average Bonchev–Trinajstić information content (AvgIpc) is 2.27. The van der Waals surface area contributed by atoms with Gasteiger partial charge in [-0.15, -0.1) is 13.2 Å². The van der Waals surface area contributed by atoms with Crippen molar-refractivity contribution in [2.75, 3.05) is 0 Å². The zero-order valence-electron chi connectivity index (χ0n) is 9.40. The topological polar surface area (TPSA) is 76.0 Å². The normalized spacial score (nSPS) is 13.2. The van der Waals surface area contributed by atoms with Gasteiger partial charge in [0, 0.05) is 5.56 Å². The molecule has 0 heterocycles. The summed E-state index contributed by atoms with van der Waals surface area (Å²) >= 11 is 0. The second-order valence-electron chi connectivity index (χ2n) is 3.34. The molecular weight excluding hydrogens is 295 g/mol. The zero-order valence-corrected chi connectivity index (χ0v) is 9.40. The van der Waals surface area contributed by atoms with E-state index in [1.165, 1.54) is 0 Å². The first kappa shape index (κ1) is 16.0. The number of aliphatic carboxylic acids is 1. The standard InChI is InChI=1S/C10H7F5O5/c11-9(12)19-7-4(6(16)8(17)18)2-1-3-5(7)20-10(13,14)15/h1-3,6,9,16H,(H,17,18). The molecule has 2 N–H and O–H groups in total. The van der Waals surface area contributed by atoms with Crippen LogP contribution in [0.1, 0.15) is 11.7 Å². The van der Waals surface area contributed by atoms with Crippen LogP contribution < -0.4 is 9.47 Å². The first-order valence-electron chi connectivity index (χ1n) is 4.86. The van der Waals surface area contributed by atoms with E-state index in [4.69, 9.17) is 5.11 Å². The summed E-state index contributed by atoms with van der Waals surface area (Å²) in [6.45, 7) is -3.53. The molecule has 1 rings (SSSR count). The molecule has 1 aromatic rings. The maximum Gasteiger partial charge on any atom is 0.573 e. The molecule has 20 heavy (non-hydrogen) atoms. The number of ether oxygens (including phenoxy) is 2. The van der Waals surface area contributed by atoms with Crippen molar-refractivity contribution >= 4 is 5.97 Å². The first-order chi connectivity index (χ1) is 9.11. The lowest BCUT2D eigenvalue weighted by Crippen LogP contribution is -2.20. The lowest BCUT2D eigenvalue weighted by molar-refractivity contribution is -0.275. The Morgan fingerprint density at radius 2 is 1.85 bits per heavy atom. The minimum Gasteiger partial charge on any atom is -0.479 e. The summed E-state index contributed by atoms with van der Waals surface area (Å²) in [4.78, 5) is 10.6. The van der Waals surface area contributed by atoms with Crippen LogP contribution in [0.5, 0.6) is 11.5 Å². The highest BCUT2D eigenvalue weighted by Crippen LogP contribution is 2.38. The number of carbonyl (C=O) groups is 1. The van der Waals surface area contributed by atoms with E-state index in [1.54, 1.807) is 0 Å². The van der Waals surface area contributed by atoms with Gasteiger partial charge in [-0.3, -0.25) is 0 Å². The van der Waals surface area contributed by atoms with Crippen LogP contribution in [0.25, 0.3) is 0 Å². The molecule has 0 aliphatic heterocycles. The number of para-hydroxylation sites is 1. The fourth-order valence-electron chi connectivity index (χ4n) is 1.30. The number of carboxylic acids is 1. The first-order valence-corrected chi connectivity index (χ1v) is 4.86. The van der Waals surface area contributed by atoms with E-state index in [9.17, 15) is 31.9 Å². The summed E-state index contributed by atoms with van der Waals surface area (Å²) in [6, 6.07) is 2.35. The molecule has 1 atom stereocenters. The van der Waals surface area contributed by atoms with Gasteiger partial charge < -0.3 is 19.7 Å². The largest absolute Gasteiger partial charge is 0.573 e. The third kappa shape index (κ3) is 4.23. The minimum absolute atomic E-state index is 0.642. The van der Waals surface area contributed by atoms with E-state index in [0.717, 1.165) is 12.1 Å². The van der Waals surface area contributed by atoms with Crippen molar-refractivity contribution in [3.05, 3.63) is 23.8 Å². The highest BCUT2D eigenvalue weighted by Gasteiger charge is 2.34. The van der Waals surface area contributed by atoms with Crippen molar-refractivity contribution in [2.45, 2.75) is 19.1 Å². The fraction of sp³-hybridized carbons (Fsp3) is 0.300. The fourth-order valence-corrected chi connectivity index (χ4v) is 1.30. The van der Waals surface area contributed by atoms with Crippen LogP contribution in [0, 0.1) is 0 Å². The van der Waals surface area contributed by atoms with Gasteiger partial charge in [0.25, 0.3) is 0 Å². The maximum atomic E-state index is 12.2. The van der Waals surface area contributed by atoms with Crippen LogP contribution in [0.2, 0.25) is 0 Å². The summed E-state index contributed by atoms with van der Waals surface area (Å²) in [6.07, 6.45) is -7.55. The number of rotatable bonds is 5. The zero-order chi connectivity index (χ0) is 15.5. The van der Waals surface area contributed by atoms with E-state index in [-0.39, 0.29) is 0 Å². The molecule has 0 aromatic heterocycles. The maximum absolute atomic E-state index is 12.2. The van der Waals surface area contributed by atoms with Gasteiger partial charge in [-0.25, -0.2) is 4.79 Å². The summed E-state index contributed by atoms with van der Waals surface area (Å²) in [7, 11) is 0. The molecule has 0 aliphatic carbocycles. The van der Waals surface area contributed by atoms with Crippen molar-refractivity contribution in [3.63, 3.8) is 0 Å². The summed E-state index contributed by atoms with van der Waals surface area (Å²) < 4.78 is 68.0. The highest BCUT2D eigenvalue weighted by atomic mass is 19.4. The number of aliphatic hydroxyl groups is 1. The van der Waals surface area contributed by atoms with Crippen molar-refractivity contribution in [3.8, 4) is 11.5 Å². The molecule has 0 spiro atoms. The lowest BCUT2D eigenvalue weighted by atomic mass is 10.1. The van der Waals surface area contributed by atoms with E-state index in [1.807, 2.05) is 0 Å². The summed E-state index contributed by atoms with van der Waals surface area (Å²) in [5.41, 5.74) is -0.792. The molecule has 5 nitrogen and oxygen atoms in total. The Morgan fingerprint density at radius 1 is 1.25 bits per heavy atom. The molecule has 0 saturated carbocycles. The molecular formula is C10H7F5O5. The van der Waals surface area contributed by atoms with Gasteiger partial charge in [0.05, 0.1) is 0 Å². The molecule has 0 amide bonds. The Hall–Kier alpha value is -2.10. The Labute approximate surface area is 108 Å². The lowest BCUT2D eigenvalue weighted by Gasteiger charge is -2.17. The molecule has 0 fully saturated rings. The van der Waals surface area contributed by atoms with Crippen LogP contribution >= 0.6 is 0 Å². The summed E-state index contributed by atoms with van der Waals surface area (Å²) in [5.74, 6) is -4.24. The van der Waals surface area contributed by atoms with Gasteiger partial charge in [0.2, 0.25) is 0 Å². The number of hydrogen-bond donors (Lipinski definition) is 2. The van der Waals surface area contributed by atoms with Crippen LogP contribution in [0.4, 0.5) is 22.0 Å². The Morgan fingerprint density at radius 3 is 2.30 bits per heavy atom. The second-order valence-corrected chi connectivity index (χ2v) is 3.34. The second kappa shape index (κ2) is 5.90. The van der Waals surface area contributed by atoms with E-state index < -0.39 is 42.1 Å². The number of carboxylic acid groups (broad SMARTS) is 1. The molecule has 0 aliphatic rings. The SMILES string of the molecule is O=C(O)C(O)c1cccc(OC(F)(F)F)c1OC(F)F. The molecule has 1 unspecified atom stereocenters. The monoisotopic (exact) mass is 302 g/mol. The van der Waals surface area contributed by atoms with E-state index in [0.29, 0.717) is 6.07 Å². The predicted molar refractivity (Wildman–Crippen MR) is 52.4 cm³/mol. The van der Waals surface area contributed by atoms with Crippen LogP contribution in [-0.2, 0) is 4.79 Å². The third-order valence-electron chi connectivity index (χ3n) is 1.97. The van der Waals surface area contributed by atoms with Crippen LogP contribution in [0.3, 0.4) is 0 Å². The van der Waals surface area contributed by atoms with Crippen LogP contribution in [0.15, 0.2) is 18.2 Å². The molecule has 0 radical (unpaired) electrons. The number of benzene rings is 1. The highest BCUT2D eigenvalue weighted by molar-refractivity contribution is 5.75. The molecule has 1 aromatic carbocycles. The molecule has 10 heteroatoms.